The summed E-state index contributed by atoms with van der Waals surface area (Å²) < 4.78 is 30.8. The highest BCUT2D eigenvalue weighted by Gasteiger charge is 2.50. The Labute approximate surface area is 754 Å². The number of rotatable bonds is 5. The number of furan rings is 3. The van der Waals surface area contributed by atoms with Crippen molar-refractivity contribution in [1.82, 2.24) is 13.4 Å². The number of anilines is 9. The van der Waals surface area contributed by atoms with Crippen LogP contribution in [0.25, 0.3) is 219 Å². The molecule has 0 unspecified atom stereocenters. The molecule has 602 valence electrons. The fraction of sp³-hybridized carbons (Fsp3) is 0. The average Bonchev–Trinajstić information content (AvgIpc) is 1.48. The third-order valence-electron chi connectivity index (χ3n) is 30.8. The molecule has 0 amide bonds. The van der Waals surface area contributed by atoms with Crippen molar-refractivity contribution >= 4 is 268 Å². The third kappa shape index (κ3) is 8.56. The van der Waals surface area contributed by atoms with E-state index in [2.05, 4.69) is 422 Å². The summed E-state index contributed by atoms with van der Waals surface area (Å²) in [6, 6.07) is 148. The van der Waals surface area contributed by atoms with Crippen LogP contribution in [0.2, 0.25) is 0 Å². The molecule has 6 aliphatic rings. The van der Waals surface area contributed by atoms with Crippen molar-refractivity contribution in [3.8, 4) is 55.6 Å². The molecular weight excluding hydrogens is 1610 g/mol. The molecule has 0 spiro atoms. The smallest absolute Gasteiger partial charge is 0.333 e. The van der Waals surface area contributed by atoms with E-state index in [0.29, 0.717) is 0 Å². The van der Waals surface area contributed by atoms with Crippen LogP contribution >= 0.6 is 0 Å². The normalized spacial score (nSPS) is 13.7. The quantitative estimate of drug-likeness (QED) is 0.160. The van der Waals surface area contributed by atoms with Crippen molar-refractivity contribution in [3.05, 3.63) is 394 Å². The standard InChI is InChI=1S/C120H65B3N6O3/c1-4-30-73(31-5-1)124-100-58-68-27-12-10-25-66(68)56-94(100)122-113-103(124)64-93-80-38-16-19-50-105(80)130-119(93)110(113)87-46-24-43-84-90-55-71(52-54-99(90)129(122)116(84)87)77-40-21-47-88-108-107(132-118(77)88)65-104-112-109(108)86-45-23-42-83-79-37-15-18-49-98(79)128(115(83)86)123(112)96-63-89-70(60-101(96)125(104)74-32-6-2-7-33-74)29-20-39-76(89)72-51-53-81-92-62-91-85-44-22-41-82-78-36-14-17-48-97(78)127(114(82)85)121-95-57-67-26-11-13-28-69(67)59-102(95)126(75-34-8-3-9-35-75)117(111(91)121)120(92)131-106(81)61-72/h1-65H. The van der Waals surface area contributed by atoms with E-state index >= 15 is 0 Å². The van der Waals surface area contributed by atoms with Crippen LogP contribution in [-0.2, 0) is 0 Å². The first-order valence-corrected chi connectivity index (χ1v) is 45.8. The number of fused-ring (bicyclic) bond motifs is 36. The molecule has 6 aliphatic heterocycles. The van der Waals surface area contributed by atoms with Gasteiger partial charge in [0.25, 0.3) is 0 Å². The summed E-state index contributed by atoms with van der Waals surface area (Å²) in [5, 5.41) is 21.0. The zero-order chi connectivity index (χ0) is 85.0. The third-order valence-corrected chi connectivity index (χ3v) is 30.8. The van der Waals surface area contributed by atoms with Crippen LogP contribution in [-0.4, -0.2) is 34.0 Å². The average molecular weight is 1670 g/mol. The van der Waals surface area contributed by atoms with Gasteiger partial charge in [-0.2, -0.15) is 0 Å². The van der Waals surface area contributed by atoms with E-state index in [-0.39, 0.29) is 20.5 Å². The predicted molar refractivity (Wildman–Crippen MR) is 552 cm³/mol. The number of para-hydroxylation sites is 10. The van der Waals surface area contributed by atoms with Gasteiger partial charge in [0, 0.05) is 177 Å². The van der Waals surface area contributed by atoms with Gasteiger partial charge in [0.1, 0.15) is 27.9 Å². The highest BCUT2D eigenvalue weighted by atomic mass is 16.3. The fourth-order valence-corrected chi connectivity index (χ4v) is 25.6. The summed E-state index contributed by atoms with van der Waals surface area (Å²) >= 11 is 0. The summed E-state index contributed by atoms with van der Waals surface area (Å²) in [5.74, 6) is 0. The molecule has 0 aliphatic carbocycles. The SMILES string of the molecule is c1ccc(N2c3cc4ccccc4cc3B3c4c2cc2c(oc5ccccc52)c4-c2cccc4c5cc(-c6cccc7c6oc6cc8c9c(c67)-c6cccc7c%10ccccc%10n(c67)B9c6cc7c(-c9ccc%10c(c9)oc9c%11c%12c(cc9%10)-c9cccc%10c%13ccccc%13n(c9%10)B%12c9cc%10ccccc%10cc9N%11c9ccccc9)cccc7cc6N8c6ccccc6)ccc5n3c24)cc1. The molecule has 0 radical (unpaired) electrons. The molecule has 12 heteroatoms. The van der Waals surface area contributed by atoms with Gasteiger partial charge in [-0.05, 0) is 202 Å². The molecule has 0 saturated carbocycles. The number of aromatic nitrogens is 3. The van der Waals surface area contributed by atoms with Crippen molar-refractivity contribution < 1.29 is 13.3 Å². The minimum absolute atomic E-state index is 0.157. The molecule has 0 fully saturated rings. The Kier molecular flexibility index (Phi) is 12.8. The minimum Gasteiger partial charge on any atom is -0.455 e. The van der Waals surface area contributed by atoms with E-state index in [1.54, 1.807) is 0 Å². The van der Waals surface area contributed by atoms with E-state index in [9.17, 15) is 0 Å². The summed E-state index contributed by atoms with van der Waals surface area (Å²) in [7, 11) is 0. The predicted octanol–water partition coefficient (Wildman–Crippen LogP) is 27.8. The molecule has 6 aromatic heterocycles. The Morgan fingerprint density at radius 1 is 0.205 bits per heavy atom. The lowest BCUT2D eigenvalue weighted by Crippen LogP contribution is -2.56. The molecule has 0 bridgehead atoms. The summed E-state index contributed by atoms with van der Waals surface area (Å²) in [6.07, 6.45) is 0. The monoisotopic (exact) mass is 1670 g/mol. The molecule has 33 rings (SSSR count). The fourth-order valence-electron chi connectivity index (χ4n) is 25.6. The summed E-state index contributed by atoms with van der Waals surface area (Å²) in [6.45, 7) is -0.646. The van der Waals surface area contributed by atoms with E-state index in [1.165, 1.54) is 142 Å². The number of hydrogen-bond acceptors (Lipinski definition) is 6. The molecule has 21 aromatic carbocycles. The van der Waals surface area contributed by atoms with E-state index in [1.807, 2.05) is 0 Å². The van der Waals surface area contributed by atoms with Gasteiger partial charge in [-0.15, -0.1) is 0 Å². The van der Waals surface area contributed by atoms with Crippen LogP contribution in [0.3, 0.4) is 0 Å². The van der Waals surface area contributed by atoms with Gasteiger partial charge in [0.2, 0.25) is 0 Å². The second-order valence-electron chi connectivity index (χ2n) is 37.0. The number of benzene rings is 21. The minimum atomic E-state index is -0.280. The molecule has 0 saturated heterocycles. The van der Waals surface area contributed by atoms with Gasteiger partial charge >= 0.3 is 20.5 Å². The van der Waals surface area contributed by atoms with Crippen molar-refractivity contribution in [2.24, 2.45) is 0 Å². The van der Waals surface area contributed by atoms with Crippen molar-refractivity contribution in [3.63, 3.8) is 0 Å². The van der Waals surface area contributed by atoms with E-state index in [0.717, 1.165) is 161 Å². The van der Waals surface area contributed by atoms with Gasteiger partial charge in [-0.3, -0.25) is 0 Å². The van der Waals surface area contributed by atoms with Crippen molar-refractivity contribution in [2.75, 3.05) is 14.7 Å². The Balaban J connectivity index is 0.591. The summed E-state index contributed by atoms with van der Waals surface area (Å²) in [5.41, 5.74) is 41.3. The van der Waals surface area contributed by atoms with Crippen LogP contribution < -0.4 is 47.5 Å². The highest BCUT2D eigenvalue weighted by molar-refractivity contribution is 6.92. The van der Waals surface area contributed by atoms with Crippen LogP contribution in [0.4, 0.5) is 51.2 Å². The van der Waals surface area contributed by atoms with Crippen LogP contribution in [0, 0.1) is 0 Å². The first kappa shape index (κ1) is 69.0. The lowest BCUT2D eigenvalue weighted by molar-refractivity contribution is 0.669. The maximum absolute atomic E-state index is 7.82. The topological polar surface area (TPSA) is 63.9 Å². The molecule has 12 heterocycles. The molecule has 0 N–H and O–H groups in total. The molecule has 9 nitrogen and oxygen atoms in total. The van der Waals surface area contributed by atoms with Gasteiger partial charge < -0.3 is 41.4 Å². The van der Waals surface area contributed by atoms with Gasteiger partial charge in [-0.1, -0.05) is 279 Å². The Morgan fingerprint density at radius 2 is 0.644 bits per heavy atom. The van der Waals surface area contributed by atoms with Crippen LogP contribution in [0.15, 0.2) is 408 Å². The van der Waals surface area contributed by atoms with Gasteiger partial charge in [0.15, 0.2) is 5.58 Å². The zero-order valence-electron chi connectivity index (χ0n) is 70.7. The second kappa shape index (κ2) is 24.6. The lowest BCUT2D eigenvalue weighted by Gasteiger charge is -2.41. The molecule has 132 heavy (non-hydrogen) atoms. The largest absolute Gasteiger partial charge is 0.455 e. The van der Waals surface area contributed by atoms with Crippen molar-refractivity contribution in [2.45, 2.75) is 0 Å². The van der Waals surface area contributed by atoms with E-state index < -0.39 is 0 Å². The maximum atomic E-state index is 7.82. The van der Waals surface area contributed by atoms with E-state index in [4.69, 9.17) is 13.3 Å². The zero-order valence-corrected chi connectivity index (χ0v) is 70.7. The maximum Gasteiger partial charge on any atom is 0.333 e. The molecule has 0 atom stereocenters. The number of nitrogens with zero attached hydrogens (tertiary/aromatic N) is 6. The Bertz CT molecular complexity index is 10100. The first-order valence-electron chi connectivity index (χ1n) is 45.8. The van der Waals surface area contributed by atoms with Crippen molar-refractivity contribution in [1.29, 1.82) is 0 Å². The number of hydrogen-bond donors (Lipinski definition) is 0. The van der Waals surface area contributed by atoms with Gasteiger partial charge in [0.05, 0.1) is 5.69 Å². The lowest BCUT2D eigenvalue weighted by atomic mass is 9.44. The summed E-state index contributed by atoms with van der Waals surface area (Å²) in [4.78, 5) is 7.56. The highest BCUT2D eigenvalue weighted by Crippen LogP contribution is 2.57. The van der Waals surface area contributed by atoms with Crippen LogP contribution in [0.5, 0.6) is 0 Å². The second-order valence-corrected chi connectivity index (χ2v) is 37.0. The first-order chi connectivity index (χ1) is 65.5. The molecular formula is C120H65B3N6O3. The Morgan fingerprint density at radius 3 is 1.31 bits per heavy atom. The molecule has 27 aromatic rings. The Hall–Kier alpha value is -17.2. The van der Waals surface area contributed by atoms with Crippen LogP contribution in [0.1, 0.15) is 0 Å². The van der Waals surface area contributed by atoms with Gasteiger partial charge in [-0.25, -0.2) is 0 Å².